The quantitative estimate of drug-likeness (QED) is 0.814. The molecular weight excluding hydrogens is 344 g/mol. The maximum atomic E-state index is 12.4. The first-order valence-corrected chi connectivity index (χ1v) is 9.15. The molecule has 1 aliphatic rings. The van der Waals surface area contributed by atoms with Crippen LogP contribution in [0.5, 0.6) is 17.2 Å². The summed E-state index contributed by atoms with van der Waals surface area (Å²) in [4.78, 5) is 14.2. The fraction of sp³-hybridized carbons (Fsp3) is 0.381. The first-order valence-electron chi connectivity index (χ1n) is 9.15. The van der Waals surface area contributed by atoms with Gasteiger partial charge < -0.3 is 24.4 Å². The molecule has 1 saturated heterocycles. The number of ether oxygens (including phenoxy) is 3. The van der Waals surface area contributed by atoms with Crippen molar-refractivity contribution in [2.24, 2.45) is 0 Å². The first kappa shape index (κ1) is 18.9. The van der Waals surface area contributed by atoms with Crippen LogP contribution in [0.4, 0.5) is 4.79 Å². The summed E-state index contributed by atoms with van der Waals surface area (Å²) >= 11 is 0. The van der Waals surface area contributed by atoms with Gasteiger partial charge in [0, 0.05) is 19.5 Å². The molecule has 2 aromatic carbocycles. The smallest absolute Gasteiger partial charge is 0.317 e. The Morgan fingerprint density at radius 2 is 1.89 bits per heavy atom. The predicted molar refractivity (Wildman–Crippen MR) is 104 cm³/mol. The van der Waals surface area contributed by atoms with Crippen LogP contribution < -0.4 is 19.5 Å². The average Bonchev–Trinajstić information content (AvgIpc) is 3.17. The highest BCUT2D eigenvalue weighted by atomic mass is 16.5. The molecule has 6 heteroatoms. The van der Waals surface area contributed by atoms with Crippen LogP contribution in [0.2, 0.25) is 0 Å². The zero-order chi connectivity index (χ0) is 19.1. The first-order chi connectivity index (χ1) is 13.2. The van der Waals surface area contributed by atoms with Crippen molar-refractivity contribution < 1.29 is 19.0 Å². The van der Waals surface area contributed by atoms with E-state index in [0.717, 1.165) is 24.2 Å². The summed E-state index contributed by atoms with van der Waals surface area (Å²) in [6, 6.07) is 15.5. The predicted octanol–water partition coefficient (Wildman–Crippen LogP) is 3.11. The summed E-state index contributed by atoms with van der Waals surface area (Å²) in [5.74, 6) is 2.24. The zero-order valence-corrected chi connectivity index (χ0v) is 15.8. The number of urea groups is 1. The summed E-state index contributed by atoms with van der Waals surface area (Å²) < 4.78 is 16.5. The minimum absolute atomic E-state index is 0.0454. The molecular formula is C21H26N2O4. The zero-order valence-electron chi connectivity index (χ0n) is 15.8. The van der Waals surface area contributed by atoms with Gasteiger partial charge in [0.2, 0.25) is 0 Å². The third-order valence-electron chi connectivity index (χ3n) is 4.62. The molecule has 0 bridgehead atoms. The SMILES string of the molecule is COc1ccc(CCNC(=O)N2CCC(Oc3ccccc3)C2)cc1OC. The number of carbonyl (C=O) groups excluding carboxylic acids is 1. The Balaban J connectivity index is 1.43. The van der Waals surface area contributed by atoms with E-state index in [0.29, 0.717) is 31.1 Å². The summed E-state index contributed by atoms with van der Waals surface area (Å²) in [6.45, 7) is 1.88. The van der Waals surface area contributed by atoms with Crippen LogP contribution in [0.3, 0.4) is 0 Å². The molecule has 1 unspecified atom stereocenters. The van der Waals surface area contributed by atoms with Gasteiger partial charge in [0.15, 0.2) is 11.5 Å². The second-order valence-corrected chi connectivity index (χ2v) is 6.46. The van der Waals surface area contributed by atoms with Gasteiger partial charge in [-0.05, 0) is 36.2 Å². The van der Waals surface area contributed by atoms with Gasteiger partial charge in [-0.3, -0.25) is 0 Å². The average molecular weight is 370 g/mol. The van der Waals surface area contributed by atoms with Gasteiger partial charge in [-0.2, -0.15) is 0 Å². The van der Waals surface area contributed by atoms with Gasteiger partial charge in [0.05, 0.1) is 20.8 Å². The van der Waals surface area contributed by atoms with E-state index in [-0.39, 0.29) is 12.1 Å². The molecule has 144 valence electrons. The maximum Gasteiger partial charge on any atom is 0.317 e. The van der Waals surface area contributed by atoms with Crippen LogP contribution in [-0.4, -0.2) is 50.9 Å². The van der Waals surface area contributed by atoms with E-state index in [2.05, 4.69) is 5.32 Å². The Kier molecular flexibility index (Phi) is 6.41. The number of carbonyl (C=O) groups is 1. The van der Waals surface area contributed by atoms with Crippen LogP contribution in [0.15, 0.2) is 48.5 Å². The summed E-state index contributed by atoms with van der Waals surface area (Å²) in [6.07, 6.45) is 1.62. The number of benzene rings is 2. The van der Waals surface area contributed by atoms with Crippen LogP contribution in [0, 0.1) is 0 Å². The van der Waals surface area contributed by atoms with E-state index in [1.54, 1.807) is 14.2 Å². The van der Waals surface area contributed by atoms with Gasteiger partial charge in [-0.15, -0.1) is 0 Å². The standard InChI is InChI=1S/C21H26N2O4/c1-25-19-9-8-16(14-20(19)26-2)10-12-22-21(24)23-13-11-18(15-23)27-17-6-4-3-5-7-17/h3-9,14,18H,10-13,15H2,1-2H3,(H,22,24). The topological polar surface area (TPSA) is 60.0 Å². The minimum Gasteiger partial charge on any atom is -0.493 e. The lowest BCUT2D eigenvalue weighted by Gasteiger charge is -2.18. The molecule has 1 fully saturated rings. The largest absolute Gasteiger partial charge is 0.493 e. The Bertz CT molecular complexity index is 751. The van der Waals surface area contributed by atoms with Crippen molar-refractivity contribution in [2.75, 3.05) is 33.9 Å². The van der Waals surface area contributed by atoms with Crippen LogP contribution in [0.25, 0.3) is 0 Å². The number of nitrogens with zero attached hydrogens (tertiary/aromatic N) is 1. The highest BCUT2D eigenvalue weighted by Crippen LogP contribution is 2.27. The number of hydrogen-bond acceptors (Lipinski definition) is 4. The lowest BCUT2D eigenvalue weighted by molar-refractivity contribution is 0.187. The van der Waals surface area contributed by atoms with Crippen molar-refractivity contribution in [1.29, 1.82) is 0 Å². The summed E-state index contributed by atoms with van der Waals surface area (Å²) in [7, 11) is 3.23. The monoisotopic (exact) mass is 370 g/mol. The Labute approximate surface area is 160 Å². The Morgan fingerprint density at radius 3 is 2.63 bits per heavy atom. The molecule has 1 heterocycles. The summed E-state index contributed by atoms with van der Waals surface area (Å²) in [5, 5.41) is 2.98. The van der Waals surface area contributed by atoms with E-state index in [4.69, 9.17) is 14.2 Å². The molecule has 3 rings (SSSR count). The minimum atomic E-state index is -0.0466. The molecule has 27 heavy (non-hydrogen) atoms. The number of rotatable bonds is 7. The van der Waals surface area contributed by atoms with E-state index < -0.39 is 0 Å². The molecule has 0 aliphatic carbocycles. The number of nitrogens with one attached hydrogen (secondary N) is 1. The Hall–Kier alpha value is -2.89. The van der Waals surface area contributed by atoms with Crippen molar-refractivity contribution in [3.05, 3.63) is 54.1 Å². The van der Waals surface area contributed by atoms with Crippen LogP contribution in [0.1, 0.15) is 12.0 Å². The van der Waals surface area contributed by atoms with E-state index >= 15 is 0 Å². The molecule has 1 N–H and O–H groups in total. The molecule has 0 radical (unpaired) electrons. The molecule has 2 aromatic rings. The van der Waals surface area contributed by atoms with Crippen molar-refractivity contribution in [3.63, 3.8) is 0 Å². The molecule has 1 aliphatic heterocycles. The summed E-state index contributed by atoms with van der Waals surface area (Å²) in [5.41, 5.74) is 1.08. The molecule has 2 amide bonds. The van der Waals surface area contributed by atoms with Crippen molar-refractivity contribution in [2.45, 2.75) is 18.9 Å². The highest BCUT2D eigenvalue weighted by Gasteiger charge is 2.27. The Morgan fingerprint density at radius 1 is 1.11 bits per heavy atom. The lowest BCUT2D eigenvalue weighted by atomic mass is 10.1. The number of likely N-dealkylation sites (tertiary alicyclic amines) is 1. The number of amides is 2. The normalized spacial score (nSPS) is 16.1. The van der Waals surface area contributed by atoms with Crippen LogP contribution >= 0.6 is 0 Å². The third kappa shape index (κ3) is 5.06. The molecule has 1 atom stereocenters. The maximum absolute atomic E-state index is 12.4. The second-order valence-electron chi connectivity index (χ2n) is 6.46. The number of hydrogen-bond donors (Lipinski definition) is 1. The fourth-order valence-corrected chi connectivity index (χ4v) is 3.16. The number of para-hydroxylation sites is 1. The third-order valence-corrected chi connectivity index (χ3v) is 4.62. The van der Waals surface area contributed by atoms with Gasteiger partial charge in [-0.1, -0.05) is 24.3 Å². The van der Waals surface area contributed by atoms with Crippen molar-refractivity contribution in [1.82, 2.24) is 10.2 Å². The number of methoxy groups -OCH3 is 2. The van der Waals surface area contributed by atoms with Gasteiger partial charge in [0.1, 0.15) is 11.9 Å². The van der Waals surface area contributed by atoms with E-state index in [9.17, 15) is 4.79 Å². The molecule has 6 nitrogen and oxygen atoms in total. The molecule has 0 aromatic heterocycles. The van der Waals surface area contributed by atoms with Crippen molar-refractivity contribution >= 4 is 6.03 Å². The van der Waals surface area contributed by atoms with Gasteiger partial charge >= 0.3 is 6.03 Å². The molecule has 0 saturated carbocycles. The van der Waals surface area contributed by atoms with E-state index in [1.807, 2.05) is 53.4 Å². The van der Waals surface area contributed by atoms with Crippen molar-refractivity contribution in [3.8, 4) is 17.2 Å². The van der Waals surface area contributed by atoms with Gasteiger partial charge in [0.25, 0.3) is 0 Å². The van der Waals surface area contributed by atoms with Gasteiger partial charge in [-0.25, -0.2) is 4.79 Å². The van der Waals surface area contributed by atoms with E-state index in [1.165, 1.54) is 0 Å². The lowest BCUT2D eigenvalue weighted by Crippen LogP contribution is -2.40. The second kappa shape index (κ2) is 9.16. The fourth-order valence-electron chi connectivity index (χ4n) is 3.16. The highest BCUT2D eigenvalue weighted by molar-refractivity contribution is 5.74. The van der Waals surface area contributed by atoms with Crippen LogP contribution in [-0.2, 0) is 6.42 Å². The molecule has 0 spiro atoms.